The Hall–Kier alpha value is -19.2. The summed E-state index contributed by atoms with van der Waals surface area (Å²) in [6.45, 7) is 0. The SMILES string of the molecule is c1ccc(-c2nc(-c3ccccc3)nc(-c3cccc4cc(-n5c6ccccc6c6c7c8ccccc8n(-c8ccccc8)c7ccc65)ccc34)n2)cc1.c1ccc(-c2nc(-n3c4ccccc4c4c5ccccc5c5c6ccccc6sc5c43)nc3ccccc23)cc1.c1ccc(-n2c3ccccc3c3c4ccccc4c4c5ccccc5n(-c5ncc6cc(-c7ccc8ccccc8c7)ccc6n5)c4c32)cc1. The van der Waals surface area contributed by atoms with Gasteiger partial charge in [-0.25, -0.2) is 34.9 Å². The van der Waals surface area contributed by atoms with Gasteiger partial charge in [0, 0.05) is 126 Å². The number of para-hydroxylation sites is 8. The smallest absolute Gasteiger partial charge is 0.235 e. The Labute approximate surface area is 828 Å². The van der Waals surface area contributed by atoms with Crippen molar-refractivity contribution >= 4 is 205 Å². The molecule has 0 spiro atoms. The van der Waals surface area contributed by atoms with Gasteiger partial charge in [0.05, 0.1) is 76.6 Å². The molecule has 0 aliphatic heterocycles. The van der Waals surface area contributed by atoms with Gasteiger partial charge in [0.15, 0.2) is 17.5 Å². The summed E-state index contributed by atoms with van der Waals surface area (Å²) >= 11 is 1.86. The monoisotopic (exact) mass is 1850 g/mol. The third kappa shape index (κ3) is 13.0. The first-order valence-corrected chi connectivity index (χ1v) is 49.5. The van der Waals surface area contributed by atoms with Crippen LogP contribution in [0.25, 0.3) is 280 Å². The van der Waals surface area contributed by atoms with Crippen molar-refractivity contribution in [2.24, 2.45) is 0 Å². The van der Waals surface area contributed by atoms with Crippen molar-refractivity contribution < 1.29 is 0 Å². The van der Waals surface area contributed by atoms with E-state index in [4.69, 9.17) is 34.9 Å². The molecule has 0 unspecified atom stereocenters. The molecule has 0 aliphatic rings. The molecule has 0 bridgehead atoms. The number of aromatic nitrogens is 12. The lowest BCUT2D eigenvalue weighted by Crippen LogP contribution is -2.03. The second-order valence-corrected chi connectivity index (χ2v) is 37.9. The molecule has 0 aliphatic carbocycles. The number of fused-ring (bicyclic) bond motifs is 31. The van der Waals surface area contributed by atoms with Crippen LogP contribution in [0.5, 0.6) is 0 Å². The molecule has 9 aromatic heterocycles. The van der Waals surface area contributed by atoms with E-state index in [0.29, 0.717) is 29.4 Å². The molecule has 13 heteroatoms. The fraction of sp³-hybridized carbons (Fsp3) is 0. The lowest BCUT2D eigenvalue weighted by atomic mass is 9.98. The zero-order valence-corrected chi connectivity index (χ0v) is 78.3. The topological polar surface area (TPSA) is 115 Å². The van der Waals surface area contributed by atoms with E-state index in [1.165, 1.54) is 145 Å². The molecule has 0 saturated heterocycles. The molecule has 670 valence electrons. The number of thiophene rings is 1. The number of benzene rings is 22. The maximum atomic E-state index is 5.31. The number of hydrogen-bond donors (Lipinski definition) is 0. The van der Waals surface area contributed by atoms with E-state index in [1.54, 1.807) is 0 Å². The molecule has 31 aromatic rings. The van der Waals surface area contributed by atoms with E-state index in [-0.39, 0.29) is 0 Å². The molecule has 0 N–H and O–H groups in total. The molecule has 31 rings (SSSR count). The minimum atomic E-state index is 0.648. The summed E-state index contributed by atoms with van der Waals surface area (Å²) in [6, 6.07) is 170. The summed E-state index contributed by atoms with van der Waals surface area (Å²) in [7, 11) is 0. The van der Waals surface area contributed by atoms with Crippen molar-refractivity contribution in [2.75, 3.05) is 0 Å². The fourth-order valence-electron chi connectivity index (χ4n) is 22.6. The van der Waals surface area contributed by atoms with E-state index in [2.05, 4.69) is 435 Å². The van der Waals surface area contributed by atoms with Gasteiger partial charge in [0.1, 0.15) is 0 Å². The molecule has 9 heterocycles. The standard InChI is InChI=1S/C49H31N5.C46H28N4.C36H21N3S/c1-4-15-32(16-5-1)47-50-48(33-17-6-2-7-18-33)52-49(51-47)38-24-14-19-34-31-36(27-28-37(34)38)54-42-26-13-11-23-40(42)46-44(54)30-29-43-45(46)39-22-10-12-25-41(39)53(43)35-20-8-3-9-21-35;1-2-14-34(15-3-1)49-40-20-10-8-18-37(40)42-35-16-6-7-17-36(35)43-38-19-9-11-21-41(38)50(45(43)44(42)49)46-47-28-33-27-32(24-25-39(33)48-46)31-23-22-29-12-4-5-13-30(29)26-31;1-2-12-22(13-3-1)33-25-16-6-9-19-28(25)37-36(38-33)39-29-20-10-7-17-26(29)31-23-14-4-5-15-24(23)32-27-18-8-11-21-30(27)40-35(32)34(31)39/h1-31H;1-28H;1-21H. The lowest BCUT2D eigenvalue weighted by molar-refractivity contribution is 1.01. The third-order valence-corrected chi connectivity index (χ3v) is 30.0. The second-order valence-electron chi connectivity index (χ2n) is 36.9. The third-order valence-electron chi connectivity index (χ3n) is 28.8. The van der Waals surface area contributed by atoms with Crippen molar-refractivity contribution in [3.05, 3.63) is 485 Å². The Kier molecular flexibility index (Phi) is 18.9. The van der Waals surface area contributed by atoms with E-state index < -0.39 is 0 Å². The van der Waals surface area contributed by atoms with Crippen molar-refractivity contribution in [1.29, 1.82) is 0 Å². The van der Waals surface area contributed by atoms with E-state index >= 15 is 0 Å². The highest BCUT2D eigenvalue weighted by molar-refractivity contribution is 7.27. The maximum Gasteiger partial charge on any atom is 0.235 e. The summed E-state index contributed by atoms with van der Waals surface area (Å²) < 4.78 is 14.4. The van der Waals surface area contributed by atoms with Crippen LogP contribution in [0.4, 0.5) is 0 Å². The van der Waals surface area contributed by atoms with Crippen LogP contribution in [-0.2, 0) is 0 Å². The van der Waals surface area contributed by atoms with Gasteiger partial charge in [-0.15, -0.1) is 11.3 Å². The van der Waals surface area contributed by atoms with Crippen LogP contribution in [0.3, 0.4) is 0 Å². The summed E-state index contributed by atoms with van der Waals surface area (Å²) in [5.74, 6) is 3.30. The first kappa shape index (κ1) is 81.9. The normalized spacial score (nSPS) is 11.9. The average Bonchev–Trinajstić information content (AvgIpc) is 1.43. The first-order valence-electron chi connectivity index (χ1n) is 48.7. The number of nitrogens with zero attached hydrogens (tertiary/aromatic N) is 12. The minimum absolute atomic E-state index is 0.648. The zero-order valence-electron chi connectivity index (χ0n) is 77.5. The summed E-state index contributed by atoms with van der Waals surface area (Å²) in [6.07, 6.45) is 1.98. The summed E-state index contributed by atoms with van der Waals surface area (Å²) in [5, 5.41) is 26.6. The zero-order chi connectivity index (χ0) is 94.6. The van der Waals surface area contributed by atoms with Crippen LogP contribution in [-0.4, -0.2) is 57.7 Å². The van der Waals surface area contributed by atoms with Crippen LogP contribution >= 0.6 is 11.3 Å². The molecule has 0 atom stereocenters. The highest BCUT2D eigenvalue weighted by Crippen LogP contribution is 2.52. The average molecular weight is 1850 g/mol. The summed E-state index contributed by atoms with van der Waals surface area (Å²) in [4.78, 5) is 35.9. The van der Waals surface area contributed by atoms with Gasteiger partial charge >= 0.3 is 0 Å². The predicted octanol–water partition coefficient (Wildman–Crippen LogP) is 33.9. The van der Waals surface area contributed by atoms with Crippen LogP contribution < -0.4 is 0 Å². The molecular formula is C131H80N12S. The van der Waals surface area contributed by atoms with Gasteiger partial charge < -0.3 is 13.7 Å². The quantitative estimate of drug-likeness (QED) is 0.134. The molecule has 0 radical (unpaired) electrons. The number of rotatable bonds is 10. The van der Waals surface area contributed by atoms with Crippen molar-refractivity contribution in [1.82, 2.24) is 57.7 Å². The Morgan fingerprint density at radius 1 is 0.188 bits per heavy atom. The van der Waals surface area contributed by atoms with Gasteiger partial charge in [0.2, 0.25) is 11.9 Å². The van der Waals surface area contributed by atoms with Gasteiger partial charge in [-0.3, -0.25) is 9.13 Å². The fourth-order valence-corrected chi connectivity index (χ4v) is 23.9. The Bertz CT molecular complexity index is 10600. The first-order chi connectivity index (χ1) is 71.5. The van der Waals surface area contributed by atoms with E-state index in [1.807, 2.05) is 84.3 Å². The van der Waals surface area contributed by atoms with Gasteiger partial charge in [-0.1, -0.05) is 370 Å². The molecule has 0 amide bonds. The largest absolute Gasteiger partial charge is 0.309 e. The highest BCUT2D eigenvalue weighted by Gasteiger charge is 2.30. The molecule has 12 nitrogen and oxygen atoms in total. The molecule has 144 heavy (non-hydrogen) atoms. The Balaban J connectivity index is 0.000000104. The van der Waals surface area contributed by atoms with Crippen molar-refractivity contribution in [3.63, 3.8) is 0 Å². The van der Waals surface area contributed by atoms with E-state index in [9.17, 15) is 0 Å². The molecular weight excluding hydrogens is 1770 g/mol. The Morgan fingerprint density at radius 3 is 1.18 bits per heavy atom. The summed E-state index contributed by atoms with van der Waals surface area (Å²) in [5.41, 5.74) is 24.0. The minimum Gasteiger partial charge on any atom is -0.309 e. The van der Waals surface area contributed by atoms with Crippen molar-refractivity contribution in [2.45, 2.75) is 0 Å². The molecule has 22 aromatic carbocycles. The van der Waals surface area contributed by atoms with E-state index in [0.717, 1.165) is 105 Å². The maximum absolute atomic E-state index is 5.31. The molecule has 0 fully saturated rings. The van der Waals surface area contributed by atoms with Crippen LogP contribution in [0, 0.1) is 0 Å². The van der Waals surface area contributed by atoms with Crippen LogP contribution in [0.1, 0.15) is 0 Å². The van der Waals surface area contributed by atoms with Gasteiger partial charge in [-0.2, -0.15) is 0 Å². The number of hydrogen-bond acceptors (Lipinski definition) is 8. The Morgan fingerprint density at radius 2 is 0.597 bits per heavy atom. The highest BCUT2D eigenvalue weighted by atomic mass is 32.1. The second kappa shape index (κ2) is 33.3. The van der Waals surface area contributed by atoms with Crippen LogP contribution in [0.2, 0.25) is 0 Å². The van der Waals surface area contributed by atoms with Gasteiger partial charge in [-0.05, 0) is 163 Å². The van der Waals surface area contributed by atoms with Crippen LogP contribution in [0.15, 0.2) is 485 Å². The molecule has 0 saturated carbocycles. The lowest BCUT2D eigenvalue weighted by Gasteiger charge is -2.13. The van der Waals surface area contributed by atoms with Gasteiger partial charge in [0.25, 0.3) is 0 Å². The van der Waals surface area contributed by atoms with Crippen molar-refractivity contribution in [3.8, 4) is 85.5 Å². The predicted molar refractivity (Wildman–Crippen MR) is 601 cm³/mol.